The molecule has 1 aliphatic heterocycles. The third-order valence-corrected chi connectivity index (χ3v) is 3.88. The lowest BCUT2D eigenvalue weighted by atomic mass is 10.0. The topological polar surface area (TPSA) is 52.6 Å². The van der Waals surface area contributed by atoms with Crippen LogP contribution in [-0.4, -0.2) is 41.6 Å². The van der Waals surface area contributed by atoms with E-state index in [1.165, 1.54) is 12.1 Å². The number of piperidine rings is 1. The summed E-state index contributed by atoms with van der Waals surface area (Å²) in [5.41, 5.74) is 0.719. The fourth-order valence-corrected chi connectivity index (χ4v) is 2.70. The molecule has 2 rings (SSSR count). The summed E-state index contributed by atoms with van der Waals surface area (Å²) in [5, 5.41) is 13.2. The van der Waals surface area contributed by atoms with Crippen molar-refractivity contribution in [3.63, 3.8) is 0 Å². The van der Waals surface area contributed by atoms with E-state index in [1.54, 1.807) is 12.1 Å². The Kier molecular flexibility index (Phi) is 5.70. The quantitative estimate of drug-likeness (QED) is 0.871. The molecule has 116 valence electrons. The minimum absolute atomic E-state index is 0.0703. The number of aliphatic hydroxyl groups excluding tert-OH is 1. The average molecular weight is 294 g/mol. The lowest BCUT2D eigenvalue weighted by Crippen LogP contribution is -2.48. The Morgan fingerprint density at radius 2 is 2.19 bits per heavy atom. The second-order valence-corrected chi connectivity index (χ2v) is 5.59. The van der Waals surface area contributed by atoms with Crippen LogP contribution >= 0.6 is 0 Å². The zero-order valence-corrected chi connectivity index (χ0v) is 12.4. The van der Waals surface area contributed by atoms with Crippen LogP contribution in [0.2, 0.25) is 0 Å². The molecule has 1 aliphatic rings. The number of nitrogens with zero attached hydrogens (tertiary/aromatic N) is 1. The number of hydrogen-bond donors (Lipinski definition) is 2. The standard InChI is InChI=1S/C16H23FN2O2/c1-2-16(21)18-14-4-3-9-19(10-14)11-15(20)12-5-7-13(17)8-6-12/h5-8,14-15,20H,2-4,9-11H2,1H3,(H,18,21). The summed E-state index contributed by atoms with van der Waals surface area (Å²) in [7, 11) is 0. The highest BCUT2D eigenvalue weighted by atomic mass is 19.1. The van der Waals surface area contributed by atoms with Gasteiger partial charge in [-0.2, -0.15) is 0 Å². The van der Waals surface area contributed by atoms with E-state index >= 15 is 0 Å². The molecule has 0 aliphatic carbocycles. The number of halogens is 1. The molecule has 0 saturated carbocycles. The van der Waals surface area contributed by atoms with Gasteiger partial charge in [0.05, 0.1) is 6.10 Å². The molecule has 0 aromatic heterocycles. The van der Waals surface area contributed by atoms with Crippen molar-refractivity contribution in [3.05, 3.63) is 35.6 Å². The number of likely N-dealkylation sites (tertiary alicyclic amines) is 1. The Hall–Kier alpha value is -1.46. The van der Waals surface area contributed by atoms with Crippen LogP contribution in [0.1, 0.15) is 37.9 Å². The van der Waals surface area contributed by atoms with Crippen molar-refractivity contribution < 1.29 is 14.3 Å². The number of aliphatic hydroxyl groups is 1. The fourth-order valence-electron chi connectivity index (χ4n) is 2.70. The molecule has 0 radical (unpaired) electrons. The van der Waals surface area contributed by atoms with Gasteiger partial charge in [0, 0.05) is 25.6 Å². The molecule has 0 spiro atoms. The summed E-state index contributed by atoms with van der Waals surface area (Å²) in [6.07, 6.45) is 1.85. The van der Waals surface area contributed by atoms with Crippen molar-refractivity contribution in [1.29, 1.82) is 0 Å². The lowest BCUT2D eigenvalue weighted by Gasteiger charge is -2.34. The molecule has 1 aromatic rings. The summed E-state index contributed by atoms with van der Waals surface area (Å²) in [6, 6.07) is 6.10. The predicted molar refractivity (Wildman–Crippen MR) is 79.3 cm³/mol. The molecule has 1 aromatic carbocycles. The Bertz CT molecular complexity index is 464. The van der Waals surface area contributed by atoms with E-state index < -0.39 is 6.10 Å². The van der Waals surface area contributed by atoms with Gasteiger partial charge in [-0.3, -0.25) is 9.69 Å². The number of carbonyl (C=O) groups is 1. The summed E-state index contributed by atoms with van der Waals surface area (Å²) in [5.74, 6) is -0.229. The minimum atomic E-state index is -0.633. The zero-order chi connectivity index (χ0) is 15.2. The van der Waals surface area contributed by atoms with Gasteiger partial charge in [0.2, 0.25) is 5.91 Å². The van der Waals surface area contributed by atoms with Crippen LogP contribution in [0.3, 0.4) is 0 Å². The molecule has 5 heteroatoms. The predicted octanol–water partition coefficient (Wildman–Crippen LogP) is 1.85. The summed E-state index contributed by atoms with van der Waals surface area (Å²) in [6.45, 7) is 4.01. The van der Waals surface area contributed by atoms with E-state index in [2.05, 4.69) is 10.2 Å². The maximum Gasteiger partial charge on any atom is 0.219 e. The van der Waals surface area contributed by atoms with Crippen molar-refractivity contribution in [2.75, 3.05) is 19.6 Å². The first-order valence-corrected chi connectivity index (χ1v) is 7.53. The third-order valence-electron chi connectivity index (χ3n) is 3.88. The van der Waals surface area contributed by atoms with E-state index in [-0.39, 0.29) is 17.8 Å². The largest absolute Gasteiger partial charge is 0.387 e. The third kappa shape index (κ3) is 4.79. The van der Waals surface area contributed by atoms with E-state index in [9.17, 15) is 14.3 Å². The van der Waals surface area contributed by atoms with Gasteiger partial charge in [-0.1, -0.05) is 19.1 Å². The molecular formula is C16H23FN2O2. The second kappa shape index (κ2) is 7.52. The SMILES string of the molecule is CCC(=O)NC1CCCN(CC(O)c2ccc(F)cc2)C1. The van der Waals surface area contributed by atoms with Crippen LogP contribution in [-0.2, 0) is 4.79 Å². The second-order valence-electron chi connectivity index (χ2n) is 5.59. The summed E-state index contributed by atoms with van der Waals surface area (Å²) < 4.78 is 12.9. The number of rotatable bonds is 5. The van der Waals surface area contributed by atoms with Crippen LogP contribution in [0.5, 0.6) is 0 Å². The van der Waals surface area contributed by atoms with Crippen molar-refractivity contribution in [2.24, 2.45) is 0 Å². The highest BCUT2D eigenvalue weighted by molar-refractivity contribution is 5.75. The highest BCUT2D eigenvalue weighted by Crippen LogP contribution is 2.18. The van der Waals surface area contributed by atoms with Crippen LogP contribution in [0.15, 0.2) is 24.3 Å². The molecule has 1 saturated heterocycles. The van der Waals surface area contributed by atoms with Crippen LogP contribution < -0.4 is 5.32 Å². The Labute approximate surface area is 125 Å². The first kappa shape index (κ1) is 15.9. The normalized spacial score (nSPS) is 21.0. The van der Waals surface area contributed by atoms with Gasteiger partial charge in [0.25, 0.3) is 0 Å². The fraction of sp³-hybridized carbons (Fsp3) is 0.562. The van der Waals surface area contributed by atoms with Crippen molar-refractivity contribution in [1.82, 2.24) is 10.2 Å². The number of amides is 1. The number of β-amino-alcohol motifs (C(OH)–C–C–N with tert-alkyl or cyclic N) is 1. The molecule has 2 atom stereocenters. The van der Waals surface area contributed by atoms with Gasteiger partial charge in [0.15, 0.2) is 0 Å². The van der Waals surface area contributed by atoms with Crippen LogP contribution in [0, 0.1) is 5.82 Å². The first-order chi connectivity index (χ1) is 10.1. The zero-order valence-electron chi connectivity index (χ0n) is 12.4. The molecule has 2 unspecified atom stereocenters. The van der Waals surface area contributed by atoms with Crippen molar-refractivity contribution >= 4 is 5.91 Å². The molecule has 4 nitrogen and oxygen atoms in total. The Morgan fingerprint density at radius 3 is 2.86 bits per heavy atom. The molecule has 2 N–H and O–H groups in total. The van der Waals surface area contributed by atoms with Crippen LogP contribution in [0.25, 0.3) is 0 Å². The van der Waals surface area contributed by atoms with Crippen molar-refractivity contribution in [3.8, 4) is 0 Å². The monoisotopic (exact) mass is 294 g/mol. The molecule has 1 amide bonds. The highest BCUT2D eigenvalue weighted by Gasteiger charge is 2.23. The van der Waals surface area contributed by atoms with Gasteiger partial charge in [-0.25, -0.2) is 4.39 Å². The number of hydrogen-bond acceptors (Lipinski definition) is 3. The van der Waals surface area contributed by atoms with Gasteiger partial charge in [-0.15, -0.1) is 0 Å². The Morgan fingerprint density at radius 1 is 1.48 bits per heavy atom. The lowest BCUT2D eigenvalue weighted by molar-refractivity contribution is -0.121. The molecular weight excluding hydrogens is 271 g/mol. The number of carbonyl (C=O) groups excluding carboxylic acids is 1. The Balaban J connectivity index is 1.87. The van der Waals surface area contributed by atoms with E-state index in [0.29, 0.717) is 13.0 Å². The molecule has 0 bridgehead atoms. The maximum atomic E-state index is 12.9. The van der Waals surface area contributed by atoms with E-state index in [1.807, 2.05) is 6.92 Å². The molecule has 1 heterocycles. The van der Waals surface area contributed by atoms with Gasteiger partial charge < -0.3 is 10.4 Å². The average Bonchev–Trinajstić information content (AvgIpc) is 2.48. The van der Waals surface area contributed by atoms with Gasteiger partial charge >= 0.3 is 0 Å². The number of nitrogens with one attached hydrogen (secondary N) is 1. The molecule has 1 fully saturated rings. The van der Waals surface area contributed by atoms with E-state index in [4.69, 9.17) is 0 Å². The number of benzene rings is 1. The minimum Gasteiger partial charge on any atom is -0.387 e. The van der Waals surface area contributed by atoms with Gasteiger partial charge in [-0.05, 0) is 37.1 Å². The van der Waals surface area contributed by atoms with Gasteiger partial charge in [0.1, 0.15) is 5.82 Å². The van der Waals surface area contributed by atoms with Crippen molar-refractivity contribution in [2.45, 2.75) is 38.3 Å². The maximum absolute atomic E-state index is 12.9. The van der Waals surface area contributed by atoms with E-state index in [0.717, 1.165) is 31.5 Å². The summed E-state index contributed by atoms with van der Waals surface area (Å²) >= 11 is 0. The van der Waals surface area contributed by atoms with Crippen LogP contribution in [0.4, 0.5) is 4.39 Å². The first-order valence-electron chi connectivity index (χ1n) is 7.53. The summed E-state index contributed by atoms with van der Waals surface area (Å²) in [4.78, 5) is 13.6. The molecule has 21 heavy (non-hydrogen) atoms. The smallest absolute Gasteiger partial charge is 0.219 e.